The lowest BCUT2D eigenvalue weighted by Gasteiger charge is -2.14. The van der Waals surface area contributed by atoms with Gasteiger partial charge in [0.1, 0.15) is 12.0 Å². The standard InChI is InChI=1S/C23H26N4O2/c1-24-23(25-13-19-9-5-6-10-21(19)28-15-17-11-12-17)26-14-20-16-29-22(27-20)18-7-3-2-4-8-18/h2-10,16-17H,11-15H2,1H3,(H2,24,25,26). The molecule has 0 saturated heterocycles. The summed E-state index contributed by atoms with van der Waals surface area (Å²) in [7, 11) is 1.75. The van der Waals surface area contributed by atoms with E-state index in [1.165, 1.54) is 12.8 Å². The third kappa shape index (κ3) is 5.38. The Morgan fingerprint density at radius 1 is 1.07 bits per heavy atom. The van der Waals surface area contributed by atoms with Gasteiger partial charge in [-0.3, -0.25) is 4.99 Å². The monoisotopic (exact) mass is 390 g/mol. The highest BCUT2D eigenvalue weighted by atomic mass is 16.5. The Balaban J connectivity index is 1.30. The minimum Gasteiger partial charge on any atom is -0.493 e. The summed E-state index contributed by atoms with van der Waals surface area (Å²) in [5.74, 6) is 2.98. The van der Waals surface area contributed by atoms with Crippen molar-refractivity contribution < 1.29 is 9.15 Å². The fourth-order valence-electron chi connectivity index (χ4n) is 2.96. The number of guanidine groups is 1. The maximum atomic E-state index is 5.98. The molecule has 2 aromatic carbocycles. The van der Waals surface area contributed by atoms with Crippen molar-refractivity contribution in [3.8, 4) is 17.2 Å². The Labute approximate surface area is 171 Å². The van der Waals surface area contributed by atoms with Crippen molar-refractivity contribution >= 4 is 5.96 Å². The summed E-state index contributed by atoms with van der Waals surface area (Å²) < 4.78 is 11.6. The van der Waals surface area contributed by atoms with Crippen molar-refractivity contribution in [1.29, 1.82) is 0 Å². The molecule has 0 unspecified atom stereocenters. The molecule has 2 N–H and O–H groups in total. The number of aromatic nitrogens is 1. The molecule has 0 aliphatic heterocycles. The number of benzene rings is 2. The number of nitrogens with zero attached hydrogens (tertiary/aromatic N) is 2. The zero-order valence-corrected chi connectivity index (χ0v) is 16.6. The molecule has 150 valence electrons. The number of ether oxygens (including phenoxy) is 1. The predicted octanol–water partition coefficient (Wildman–Crippen LogP) is 4.00. The van der Waals surface area contributed by atoms with Gasteiger partial charge >= 0.3 is 0 Å². The molecule has 0 radical (unpaired) electrons. The Morgan fingerprint density at radius 3 is 2.62 bits per heavy atom. The first kappa shape index (κ1) is 19.1. The lowest BCUT2D eigenvalue weighted by molar-refractivity contribution is 0.296. The first-order chi connectivity index (χ1) is 14.3. The SMILES string of the molecule is CN=C(NCc1coc(-c2ccccc2)n1)NCc1ccccc1OCC1CC1. The molecule has 29 heavy (non-hydrogen) atoms. The summed E-state index contributed by atoms with van der Waals surface area (Å²) in [5.41, 5.74) is 2.90. The van der Waals surface area contributed by atoms with Gasteiger partial charge in [-0.25, -0.2) is 4.98 Å². The van der Waals surface area contributed by atoms with Gasteiger partial charge in [0.15, 0.2) is 5.96 Å². The predicted molar refractivity (Wildman–Crippen MR) is 114 cm³/mol. The number of oxazole rings is 1. The van der Waals surface area contributed by atoms with Crippen LogP contribution < -0.4 is 15.4 Å². The van der Waals surface area contributed by atoms with Crippen LogP contribution in [0.3, 0.4) is 0 Å². The number of para-hydroxylation sites is 1. The fourth-order valence-corrected chi connectivity index (χ4v) is 2.96. The highest BCUT2D eigenvalue weighted by Gasteiger charge is 2.22. The second-order valence-corrected chi connectivity index (χ2v) is 7.15. The lowest BCUT2D eigenvalue weighted by atomic mass is 10.2. The molecule has 6 nitrogen and oxygen atoms in total. The smallest absolute Gasteiger partial charge is 0.226 e. The van der Waals surface area contributed by atoms with Gasteiger partial charge < -0.3 is 19.8 Å². The molecule has 3 aromatic rings. The molecule has 4 rings (SSSR count). The largest absolute Gasteiger partial charge is 0.493 e. The van der Waals surface area contributed by atoms with Gasteiger partial charge in [-0.05, 0) is 37.0 Å². The number of nitrogens with one attached hydrogen (secondary N) is 2. The molecule has 6 heteroatoms. The summed E-state index contributed by atoms with van der Waals surface area (Å²) in [5, 5.41) is 6.61. The Morgan fingerprint density at radius 2 is 1.83 bits per heavy atom. The average molecular weight is 390 g/mol. The molecule has 1 aromatic heterocycles. The molecular formula is C23H26N4O2. The van der Waals surface area contributed by atoms with Crippen LogP contribution in [-0.4, -0.2) is 24.6 Å². The van der Waals surface area contributed by atoms with Gasteiger partial charge in [-0.1, -0.05) is 36.4 Å². The summed E-state index contributed by atoms with van der Waals surface area (Å²) in [6, 6.07) is 18.0. The van der Waals surface area contributed by atoms with Crippen molar-refractivity contribution in [2.45, 2.75) is 25.9 Å². The molecule has 1 aliphatic rings. The summed E-state index contributed by atoms with van der Waals surface area (Å²) >= 11 is 0. The van der Waals surface area contributed by atoms with E-state index in [1.807, 2.05) is 48.5 Å². The molecule has 0 atom stereocenters. The Bertz CT molecular complexity index is 948. The van der Waals surface area contributed by atoms with Crippen molar-refractivity contribution in [2.75, 3.05) is 13.7 Å². The van der Waals surface area contributed by atoms with Crippen LogP contribution in [0.4, 0.5) is 0 Å². The van der Waals surface area contributed by atoms with E-state index in [0.29, 0.717) is 24.9 Å². The maximum absolute atomic E-state index is 5.98. The second-order valence-electron chi connectivity index (χ2n) is 7.15. The third-order valence-corrected chi connectivity index (χ3v) is 4.82. The first-order valence-electron chi connectivity index (χ1n) is 9.97. The highest BCUT2D eigenvalue weighted by Crippen LogP contribution is 2.30. The van der Waals surface area contributed by atoms with Crippen LogP contribution in [0.5, 0.6) is 5.75 Å². The molecule has 0 amide bonds. The maximum Gasteiger partial charge on any atom is 0.226 e. The van der Waals surface area contributed by atoms with Crippen molar-refractivity contribution in [1.82, 2.24) is 15.6 Å². The summed E-state index contributed by atoms with van der Waals surface area (Å²) in [6.07, 6.45) is 4.24. The number of hydrogen-bond acceptors (Lipinski definition) is 4. The van der Waals surface area contributed by atoms with Crippen LogP contribution in [0.2, 0.25) is 0 Å². The normalized spacial score (nSPS) is 13.9. The average Bonchev–Trinajstić information content (AvgIpc) is 3.49. The Kier molecular flexibility index (Phi) is 6.10. The molecule has 0 spiro atoms. The zero-order chi connectivity index (χ0) is 19.9. The van der Waals surface area contributed by atoms with E-state index >= 15 is 0 Å². The topological polar surface area (TPSA) is 71.7 Å². The van der Waals surface area contributed by atoms with Gasteiger partial charge in [0, 0.05) is 24.7 Å². The minimum absolute atomic E-state index is 0.524. The summed E-state index contributed by atoms with van der Waals surface area (Å²) in [4.78, 5) is 8.83. The van der Waals surface area contributed by atoms with Crippen LogP contribution in [0.25, 0.3) is 11.5 Å². The van der Waals surface area contributed by atoms with E-state index in [2.05, 4.69) is 26.7 Å². The van der Waals surface area contributed by atoms with Crippen LogP contribution in [0.15, 0.2) is 70.3 Å². The third-order valence-electron chi connectivity index (χ3n) is 4.82. The summed E-state index contributed by atoms with van der Waals surface area (Å²) in [6.45, 7) is 1.96. The molecule has 1 saturated carbocycles. The minimum atomic E-state index is 0.524. The molecular weight excluding hydrogens is 364 g/mol. The zero-order valence-electron chi connectivity index (χ0n) is 16.6. The van der Waals surface area contributed by atoms with Gasteiger partial charge in [0.25, 0.3) is 0 Å². The number of aliphatic imine (C=N–C) groups is 1. The first-order valence-corrected chi connectivity index (χ1v) is 9.97. The van der Waals surface area contributed by atoms with Gasteiger partial charge in [-0.15, -0.1) is 0 Å². The van der Waals surface area contributed by atoms with E-state index < -0.39 is 0 Å². The van der Waals surface area contributed by atoms with Crippen LogP contribution in [0.1, 0.15) is 24.1 Å². The fraction of sp³-hybridized carbons (Fsp3) is 0.304. The van der Waals surface area contributed by atoms with E-state index in [4.69, 9.17) is 9.15 Å². The molecule has 1 aliphatic carbocycles. The van der Waals surface area contributed by atoms with E-state index in [-0.39, 0.29) is 0 Å². The second kappa shape index (κ2) is 9.28. The van der Waals surface area contributed by atoms with Crippen LogP contribution in [-0.2, 0) is 13.1 Å². The van der Waals surface area contributed by atoms with Gasteiger partial charge in [0.2, 0.25) is 5.89 Å². The van der Waals surface area contributed by atoms with Gasteiger partial charge in [0.05, 0.1) is 18.8 Å². The van der Waals surface area contributed by atoms with E-state index in [0.717, 1.165) is 35.1 Å². The van der Waals surface area contributed by atoms with Crippen molar-refractivity contribution in [3.63, 3.8) is 0 Å². The van der Waals surface area contributed by atoms with Crippen molar-refractivity contribution in [3.05, 3.63) is 72.1 Å². The van der Waals surface area contributed by atoms with Gasteiger partial charge in [-0.2, -0.15) is 0 Å². The van der Waals surface area contributed by atoms with Crippen LogP contribution in [0, 0.1) is 5.92 Å². The van der Waals surface area contributed by atoms with Crippen LogP contribution >= 0.6 is 0 Å². The highest BCUT2D eigenvalue weighted by molar-refractivity contribution is 5.79. The quantitative estimate of drug-likeness (QED) is 0.449. The molecule has 1 fully saturated rings. The Hall–Kier alpha value is -3.28. The molecule has 0 bridgehead atoms. The number of hydrogen-bond donors (Lipinski definition) is 2. The number of rotatable bonds is 8. The van der Waals surface area contributed by atoms with Crippen molar-refractivity contribution in [2.24, 2.45) is 10.9 Å². The molecule has 1 heterocycles. The van der Waals surface area contributed by atoms with E-state index in [9.17, 15) is 0 Å². The van der Waals surface area contributed by atoms with E-state index in [1.54, 1.807) is 13.3 Å². The lowest BCUT2D eigenvalue weighted by Crippen LogP contribution is -2.36.